The summed E-state index contributed by atoms with van der Waals surface area (Å²) >= 11 is 3.86. The molecule has 0 radical (unpaired) electrons. The molecule has 0 amide bonds. The van der Waals surface area contributed by atoms with E-state index in [9.17, 15) is 0 Å². The maximum Gasteiger partial charge on any atom is 0.0741 e. The molecule has 0 saturated carbocycles. The van der Waals surface area contributed by atoms with E-state index in [0.29, 0.717) is 0 Å². The average Bonchev–Trinajstić information content (AvgIpc) is 3.01. The zero-order valence-electron chi connectivity index (χ0n) is 21.3. The van der Waals surface area contributed by atoms with E-state index in [1.165, 1.54) is 53.0 Å². The number of rotatable bonds is 2. The van der Waals surface area contributed by atoms with Gasteiger partial charge in [-0.2, -0.15) is 0 Å². The van der Waals surface area contributed by atoms with E-state index in [0.717, 1.165) is 18.7 Å². The molecule has 0 bridgehead atoms. The number of pyridine rings is 1. The Morgan fingerprint density at radius 2 is 1.54 bits per heavy atom. The second-order valence-electron chi connectivity index (χ2n) is 10.3. The van der Waals surface area contributed by atoms with Crippen molar-refractivity contribution in [3.05, 3.63) is 160 Å². The van der Waals surface area contributed by atoms with Crippen LogP contribution in [0.1, 0.15) is 40.3 Å². The summed E-state index contributed by atoms with van der Waals surface area (Å²) in [7, 11) is 0. The number of aromatic nitrogens is 1. The largest absolute Gasteiger partial charge is 0.387 e. The summed E-state index contributed by atoms with van der Waals surface area (Å²) in [6, 6.07) is 31.5. The van der Waals surface area contributed by atoms with Crippen molar-refractivity contribution in [1.29, 1.82) is 0 Å². The highest BCUT2D eigenvalue weighted by Gasteiger charge is 2.50. The predicted octanol–water partition coefficient (Wildman–Crippen LogP) is 8.48. The number of hydrogen-bond acceptors (Lipinski definition) is 4. The van der Waals surface area contributed by atoms with Gasteiger partial charge in [0, 0.05) is 39.0 Å². The van der Waals surface area contributed by atoms with E-state index in [1.54, 1.807) is 0 Å². The second-order valence-corrected chi connectivity index (χ2v) is 12.5. The van der Waals surface area contributed by atoms with E-state index in [2.05, 4.69) is 115 Å². The van der Waals surface area contributed by atoms with E-state index in [4.69, 9.17) is 4.98 Å². The first-order chi connectivity index (χ1) is 19.3. The van der Waals surface area contributed by atoms with Crippen molar-refractivity contribution in [2.45, 2.75) is 32.4 Å². The van der Waals surface area contributed by atoms with Gasteiger partial charge in [0.25, 0.3) is 0 Å². The highest BCUT2D eigenvalue weighted by Crippen LogP contribution is 2.63. The summed E-state index contributed by atoms with van der Waals surface area (Å²) in [4.78, 5) is 10.2. The quantitative estimate of drug-likeness (QED) is 0.277. The molecule has 4 heterocycles. The lowest BCUT2D eigenvalue weighted by atomic mass is 9.62. The van der Waals surface area contributed by atoms with Crippen LogP contribution < -0.4 is 5.32 Å². The highest BCUT2D eigenvalue weighted by atomic mass is 32.2. The van der Waals surface area contributed by atoms with Crippen LogP contribution in [0.25, 0.3) is 5.57 Å². The molecule has 2 nitrogen and oxygen atoms in total. The maximum absolute atomic E-state index is 4.73. The first-order valence-corrected chi connectivity index (χ1v) is 15.1. The van der Waals surface area contributed by atoms with Crippen LogP contribution in [-0.4, -0.2) is 11.5 Å². The molecule has 3 aromatic carbocycles. The van der Waals surface area contributed by atoms with Crippen LogP contribution in [0.3, 0.4) is 0 Å². The van der Waals surface area contributed by atoms with E-state index >= 15 is 0 Å². The van der Waals surface area contributed by atoms with Crippen LogP contribution in [0, 0.1) is 0 Å². The lowest BCUT2D eigenvalue weighted by Crippen LogP contribution is -2.38. The molecule has 39 heavy (non-hydrogen) atoms. The number of nitrogens with zero attached hydrogens (tertiary/aromatic N) is 1. The molecule has 0 saturated heterocycles. The van der Waals surface area contributed by atoms with Gasteiger partial charge in [-0.05, 0) is 87.3 Å². The van der Waals surface area contributed by atoms with Gasteiger partial charge in [-0.1, -0.05) is 96.3 Å². The summed E-state index contributed by atoms with van der Waals surface area (Å²) in [5.41, 5.74) is 8.92. The number of benzene rings is 3. The molecular weight excluding hydrogens is 513 g/mol. The summed E-state index contributed by atoms with van der Waals surface area (Å²) in [6.07, 6.45) is 14.2. The van der Waals surface area contributed by atoms with Gasteiger partial charge in [-0.3, -0.25) is 4.98 Å². The van der Waals surface area contributed by atoms with Gasteiger partial charge in [0.2, 0.25) is 0 Å². The van der Waals surface area contributed by atoms with E-state index < -0.39 is 0 Å². The average molecular weight is 539 g/mol. The zero-order valence-corrected chi connectivity index (χ0v) is 22.9. The topological polar surface area (TPSA) is 24.9 Å². The zero-order chi connectivity index (χ0) is 25.8. The highest BCUT2D eigenvalue weighted by molar-refractivity contribution is 8.03. The molecule has 188 valence electrons. The number of dihydropyridines is 1. The van der Waals surface area contributed by atoms with Crippen LogP contribution in [-0.2, 0) is 5.41 Å². The molecule has 4 heteroatoms. The first-order valence-electron chi connectivity index (χ1n) is 13.4. The number of thioether (sulfide) groups is 1. The van der Waals surface area contributed by atoms with Gasteiger partial charge in [-0.15, -0.1) is 0 Å². The Kier molecular flexibility index (Phi) is 5.46. The fourth-order valence-electron chi connectivity index (χ4n) is 6.53. The van der Waals surface area contributed by atoms with Crippen LogP contribution in [0.4, 0.5) is 0 Å². The lowest BCUT2D eigenvalue weighted by Gasteiger charge is -2.47. The third kappa shape index (κ3) is 3.55. The fraction of sp³-hybridized carbons (Fsp3) is 0.114. The van der Waals surface area contributed by atoms with Gasteiger partial charge in [0.1, 0.15) is 0 Å². The van der Waals surface area contributed by atoms with E-state index in [-0.39, 0.29) is 11.3 Å². The van der Waals surface area contributed by atoms with Gasteiger partial charge in [0.05, 0.1) is 5.41 Å². The van der Waals surface area contributed by atoms with Crippen molar-refractivity contribution >= 4 is 29.1 Å². The summed E-state index contributed by atoms with van der Waals surface area (Å²) in [5, 5.41) is 3.29. The molecule has 8 rings (SSSR count). The van der Waals surface area contributed by atoms with Crippen molar-refractivity contribution in [2.75, 3.05) is 6.54 Å². The summed E-state index contributed by atoms with van der Waals surface area (Å²) in [6.45, 7) is 0.865. The minimum absolute atomic E-state index is 0.276. The molecule has 4 aliphatic rings. The SMILES string of the molecule is C1=CC(c2ccc3c(c2)SC2=C(C=CC(c4ccccn4)C2)C32c3ccccc3Sc3ccccc32)=CCN1. The normalized spacial score (nSPS) is 19.9. The summed E-state index contributed by atoms with van der Waals surface area (Å²) < 4.78 is 0. The van der Waals surface area contributed by atoms with Crippen molar-refractivity contribution in [2.24, 2.45) is 0 Å². The molecule has 1 spiro atoms. The molecule has 4 aromatic rings. The standard InChI is InChI=1S/C35H26N2S2/c1-3-10-31-26(7-1)35(27-8-2-4-11-32(27)38-31)28-14-12-24(23-16-19-36-20-17-23)21-33(28)39-34-22-25(13-15-29(34)35)30-9-5-6-18-37-30/h1-19,21,25,36H,20,22H2. The van der Waals surface area contributed by atoms with Crippen LogP contribution in [0.15, 0.2) is 147 Å². The smallest absolute Gasteiger partial charge is 0.0741 e. The summed E-state index contributed by atoms with van der Waals surface area (Å²) in [5.74, 6) is 0.276. The van der Waals surface area contributed by atoms with Gasteiger partial charge in [0.15, 0.2) is 0 Å². The minimum atomic E-state index is -0.350. The van der Waals surface area contributed by atoms with Crippen molar-refractivity contribution in [1.82, 2.24) is 10.3 Å². The molecule has 0 fully saturated rings. The molecule has 1 N–H and O–H groups in total. The molecule has 1 aromatic heterocycles. The third-order valence-electron chi connectivity index (χ3n) is 8.25. The van der Waals surface area contributed by atoms with Crippen LogP contribution >= 0.6 is 23.5 Å². The van der Waals surface area contributed by atoms with E-state index in [1.807, 2.05) is 35.8 Å². The molecule has 3 aliphatic heterocycles. The fourth-order valence-corrected chi connectivity index (χ4v) is 9.10. The molecular formula is C35H26N2S2. The van der Waals surface area contributed by atoms with Gasteiger partial charge < -0.3 is 5.32 Å². The number of hydrogen-bond donors (Lipinski definition) is 1. The Balaban J connectivity index is 1.40. The number of nitrogens with one attached hydrogen (secondary N) is 1. The Morgan fingerprint density at radius 1 is 0.769 bits per heavy atom. The number of allylic oxidation sites excluding steroid dienone is 6. The third-order valence-corrected chi connectivity index (χ3v) is 10.6. The van der Waals surface area contributed by atoms with Crippen molar-refractivity contribution in [3.63, 3.8) is 0 Å². The minimum Gasteiger partial charge on any atom is -0.387 e. The Bertz CT molecular complexity index is 1700. The van der Waals surface area contributed by atoms with Gasteiger partial charge >= 0.3 is 0 Å². The maximum atomic E-state index is 4.73. The Hall–Kier alpha value is -3.73. The monoisotopic (exact) mass is 538 g/mol. The Morgan fingerprint density at radius 3 is 2.28 bits per heavy atom. The Labute approximate surface area is 237 Å². The van der Waals surface area contributed by atoms with Crippen molar-refractivity contribution in [3.8, 4) is 0 Å². The molecule has 1 atom stereocenters. The second kappa shape index (κ2) is 9.18. The first kappa shape index (κ1) is 23.2. The molecule has 1 aliphatic carbocycles. The predicted molar refractivity (Wildman–Crippen MR) is 162 cm³/mol. The van der Waals surface area contributed by atoms with Gasteiger partial charge in [-0.25, -0.2) is 0 Å². The van der Waals surface area contributed by atoms with Crippen molar-refractivity contribution < 1.29 is 0 Å². The lowest BCUT2D eigenvalue weighted by molar-refractivity contribution is 0.659. The van der Waals surface area contributed by atoms with Crippen LogP contribution in [0.2, 0.25) is 0 Å². The number of fused-ring (bicyclic) bond motifs is 7. The van der Waals surface area contributed by atoms with Crippen LogP contribution in [0.5, 0.6) is 0 Å². The molecule has 1 unspecified atom stereocenters.